The predicted octanol–water partition coefficient (Wildman–Crippen LogP) is 3.13. The van der Waals surface area contributed by atoms with Gasteiger partial charge in [0.25, 0.3) is 5.91 Å². The number of benzene rings is 2. The molecular formula is C15H16ClN3OS. The van der Waals surface area contributed by atoms with E-state index in [1.165, 1.54) is 0 Å². The second-order valence-corrected chi connectivity index (χ2v) is 4.80. The maximum atomic E-state index is 12.0. The van der Waals surface area contributed by atoms with Gasteiger partial charge in [-0.2, -0.15) is 0 Å². The van der Waals surface area contributed by atoms with E-state index < -0.39 is 0 Å². The van der Waals surface area contributed by atoms with Crippen LogP contribution in [0.5, 0.6) is 0 Å². The first-order chi connectivity index (χ1) is 9.54. The van der Waals surface area contributed by atoms with Gasteiger partial charge in [-0.05, 0) is 55.5 Å². The number of carbonyl (C=O) groups is 1. The van der Waals surface area contributed by atoms with Crippen molar-refractivity contribution in [2.24, 2.45) is 0 Å². The van der Waals surface area contributed by atoms with E-state index in [0.29, 0.717) is 11.3 Å². The third kappa shape index (κ3) is 5.06. The topological polar surface area (TPSA) is 67.2 Å². The van der Waals surface area contributed by atoms with Gasteiger partial charge in [0, 0.05) is 16.9 Å². The lowest BCUT2D eigenvalue weighted by Crippen LogP contribution is -2.34. The molecular weight excluding hydrogens is 306 g/mol. The number of carbonyl (C=O) groups excluding carboxylic acids is 1. The van der Waals surface area contributed by atoms with E-state index in [1.54, 1.807) is 36.4 Å². The van der Waals surface area contributed by atoms with Crippen molar-refractivity contribution >= 4 is 47.0 Å². The minimum atomic E-state index is -0.238. The maximum Gasteiger partial charge on any atom is 0.257 e. The van der Waals surface area contributed by atoms with Gasteiger partial charge in [0.05, 0.1) is 0 Å². The van der Waals surface area contributed by atoms with Crippen LogP contribution in [0.15, 0.2) is 48.5 Å². The van der Waals surface area contributed by atoms with Crippen LogP contribution in [0.1, 0.15) is 15.9 Å². The summed E-state index contributed by atoms with van der Waals surface area (Å²) in [5, 5.41) is 5.80. The fourth-order valence-electron chi connectivity index (χ4n) is 1.61. The molecule has 6 heteroatoms. The summed E-state index contributed by atoms with van der Waals surface area (Å²) in [5.74, 6) is -0.238. The summed E-state index contributed by atoms with van der Waals surface area (Å²) in [4.78, 5) is 12.0. The van der Waals surface area contributed by atoms with Gasteiger partial charge in [0.2, 0.25) is 0 Å². The molecule has 0 bridgehead atoms. The lowest BCUT2D eigenvalue weighted by molar-refractivity contribution is 0.0978. The Morgan fingerprint density at radius 1 is 1.05 bits per heavy atom. The van der Waals surface area contributed by atoms with Crippen LogP contribution < -0.4 is 16.4 Å². The Morgan fingerprint density at radius 2 is 1.62 bits per heavy atom. The van der Waals surface area contributed by atoms with E-state index in [-0.39, 0.29) is 23.4 Å². The number of nitrogens with one attached hydrogen (secondary N) is 2. The van der Waals surface area contributed by atoms with Crippen molar-refractivity contribution in [3.05, 3.63) is 59.7 Å². The summed E-state index contributed by atoms with van der Waals surface area (Å²) >= 11 is 5.10. The number of thiocarbonyl (C=S) groups is 1. The molecule has 0 saturated heterocycles. The lowest BCUT2D eigenvalue weighted by Gasteiger charge is -2.09. The fraction of sp³-hybridized carbons (Fsp3) is 0.0667. The monoisotopic (exact) mass is 321 g/mol. The number of hydrogen-bond acceptors (Lipinski definition) is 3. The Balaban J connectivity index is 0.00000220. The van der Waals surface area contributed by atoms with Crippen LogP contribution in [0, 0.1) is 6.92 Å². The zero-order chi connectivity index (χ0) is 14.5. The standard InChI is InChI=1S/C15H15N3OS.ClH/c1-10-2-4-11(5-3-10)14(19)18-15(20)17-13-8-6-12(16)7-9-13;/h2-9H,16H2,1H3,(H2,17,18,19,20);1H. The maximum absolute atomic E-state index is 12.0. The van der Waals surface area contributed by atoms with Crippen molar-refractivity contribution in [2.75, 3.05) is 11.1 Å². The van der Waals surface area contributed by atoms with Crippen molar-refractivity contribution in [3.8, 4) is 0 Å². The van der Waals surface area contributed by atoms with Crippen LogP contribution >= 0.6 is 24.6 Å². The van der Waals surface area contributed by atoms with Crippen LogP contribution in [-0.4, -0.2) is 11.0 Å². The number of aryl methyl sites for hydroxylation is 1. The Hall–Kier alpha value is -2.11. The molecule has 0 unspecified atom stereocenters. The van der Waals surface area contributed by atoms with Crippen LogP contribution in [0.2, 0.25) is 0 Å². The quantitative estimate of drug-likeness (QED) is 0.587. The molecule has 0 aliphatic rings. The molecule has 0 saturated carbocycles. The van der Waals surface area contributed by atoms with Crippen molar-refractivity contribution in [3.63, 3.8) is 0 Å². The molecule has 4 nitrogen and oxygen atoms in total. The van der Waals surface area contributed by atoms with Crippen molar-refractivity contribution in [1.29, 1.82) is 0 Å². The number of nitrogens with two attached hydrogens (primary N) is 1. The van der Waals surface area contributed by atoms with Crippen LogP contribution in [-0.2, 0) is 0 Å². The van der Waals surface area contributed by atoms with Gasteiger partial charge >= 0.3 is 0 Å². The number of anilines is 2. The molecule has 1 amide bonds. The summed E-state index contributed by atoms with van der Waals surface area (Å²) in [6.07, 6.45) is 0. The van der Waals surface area contributed by atoms with Crippen molar-refractivity contribution in [1.82, 2.24) is 5.32 Å². The minimum absolute atomic E-state index is 0. The van der Waals surface area contributed by atoms with Gasteiger partial charge in [-0.15, -0.1) is 12.4 Å². The van der Waals surface area contributed by atoms with Gasteiger partial charge in [-0.3, -0.25) is 10.1 Å². The average molecular weight is 322 g/mol. The molecule has 0 aliphatic carbocycles. The van der Waals surface area contributed by atoms with Crippen LogP contribution in [0.3, 0.4) is 0 Å². The number of hydrogen-bond donors (Lipinski definition) is 3. The van der Waals surface area contributed by atoms with Crippen LogP contribution in [0.4, 0.5) is 11.4 Å². The molecule has 0 atom stereocenters. The van der Waals surface area contributed by atoms with E-state index in [4.69, 9.17) is 18.0 Å². The van der Waals surface area contributed by atoms with Crippen molar-refractivity contribution in [2.45, 2.75) is 6.92 Å². The van der Waals surface area contributed by atoms with E-state index in [1.807, 2.05) is 19.1 Å². The Bertz CT molecular complexity index is 626. The second-order valence-electron chi connectivity index (χ2n) is 4.40. The highest BCUT2D eigenvalue weighted by atomic mass is 35.5. The Labute approximate surface area is 135 Å². The number of nitrogen functional groups attached to an aromatic ring is 1. The molecule has 0 fully saturated rings. The van der Waals surface area contributed by atoms with E-state index in [0.717, 1.165) is 11.3 Å². The highest BCUT2D eigenvalue weighted by Gasteiger charge is 2.07. The van der Waals surface area contributed by atoms with Gasteiger partial charge in [-0.1, -0.05) is 17.7 Å². The molecule has 110 valence electrons. The van der Waals surface area contributed by atoms with Gasteiger partial charge in [0.15, 0.2) is 5.11 Å². The number of rotatable bonds is 2. The molecule has 0 aromatic heterocycles. The van der Waals surface area contributed by atoms with Crippen LogP contribution in [0.25, 0.3) is 0 Å². The highest BCUT2D eigenvalue weighted by Crippen LogP contribution is 2.10. The number of amides is 1. The molecule has 2 rings (SSSR count). The van der Waals surface area contributed by atoms with Gasteiger partial charge < -0.3 is 11.1 Å². The summed E-state index contributed by atoms with van der Waals surface area (Å²) in [7, 11) is 0. The molecule has 21 heavy (non-hydrogen) atoms. The summed E-state index contributed by atoms with van der Waals surface area (Å²) in [6, 6.07) is 14.4. The third-order valence-corrected chi connectivity index (χ3v) is 2.91. The molecule has 0 radical (unpaired) electrons. The zero-order valence-corrected chi connectivity index (χ0v) is 13.1. The summed E-state index contributed by atoms with van der Waals surface area (Å²) in [6.45, 7) is 1.97. The molecule has 4 N–H and O–H groups in total. The fourth-order valence-corrected chi connectivity index (χ4v) is 1.82. The summed E-state index contributed by atoms with van der Waals surface area (Å²) < 4.78 is 0. The second kappa shape index (κ2) is 7.61. The zero-order valence-electron chi connectivity index (χ0n) is 11.4. The highest BCUT2D eigenvalue weighted by molar-refractivity contribution is 7.80. The first-order valence-corrected chi connectivity index (χ1v) is 6.50. The number of halogens is 1. The Morgan fingerprint density at radius 3 is 2.19 bits per heavy atom. The van der Waals surface area contributed by atoms with Gasteiger partial charge in [0.1, 0.15) is 0 Å². The predicted molar refractivity (Wildman–Crippen MR) is 93.0 cm³/mol. The lowest BCUT2D eigenvalue weighted by atomic mass is 10.1. The van der Waals surface area contributed by atoms with Gasteiger partial charge in [-0.25, -0.2) is 0 Å². The third-order valence-electron chi connectivity index (χ3n) is 2.71. The van der Waals surface area contributed by atoms with E-state index in [2.05, 4.69) is 10.6 Å². The molecule has 0 spiro atoms. The molecule has 0 heterocycles. The van der Waals surface area contributed by atoms with E-state index in [9.17, 15) is 4.79 Å². The minimum Gasteiger partial charge on any atom is -0.399 e. The first-order valence-electron chi connectivity index (χ1n) is 6.09. The SMILES string of the molecule is Cc1ccc(C(=O)NC(=S)Nc2ccc(N)cc2)cc1.Cl. The van der Waals surface area contributed by atoms with E-state index >= 15 is 0 Å². The Kier molecular flexibility index (Phi) is 6.14. The average Bonchev–Trinajstić information content (AvgIpc) is 2.42. The summed E-state index contributed by atoms with van der Waals surface area (Å²) in [5.41, 5.74) is 8.71. The first kappa shape index (κ1) is 16.9. The van der Waals surface area contributed by atoms with Crippen molar-refractivity contribution < 1.29 is 4.79 Å². The smallest absolute Gasteiger partial charge is 0.257 e. The molecule has 2 aromatic carbocycles. The normalized spacial score (nSPS) is 9.38. The largest absolute Gasteiger partial charge is 0.399 e. The molecule has 0 aliphatic heterocycles. The molecule has 2 aromatic rings.